The van der Waals surface area contributed by atoms with E-state index in [0.717, 1.165) is 28.6 Å². The van der Waals surface area contributed by atoms with E-state index in [1.807, 2.05) is 24.3 Å². The number of rotatable bonds is 4. The van der Waals surface area contributed by atoms with Gasteiger partial charge in [0.25, 0.3) is 0 Å². The average molecular weight is 349 g/mol. The molecule has 1 aromatic carbocycles. The first-order valence-corrected chi connectivity index (χ1v) is 7.98. The molecule has 0 unspecified atom stereocenters. The minimum Gasteiger partial charge on any atom is -0.478 e. The Hall–Kier alpha value is -1.62. The van der Waals surface area contributed by atoms with E-state index in [-0.39, 0.29) is 0 Å². The third-order valence-electron chi connectivity index (χ3n) is 4.05. The topological polar surface area (TPSA) is 55.1 Å². The SMILES string of the molecule is O=C(O)c1cn(Cc2ccccc2Br)nc1C1CCCC1. The van der Waals surface area contributed by atoms with Crippen LogP contribution >= 0.6 is 15.9 Å². The molecule has 1 aliphatic carbocycles. The second kappa shape index (κ2) is 6.02. The molecule has 5 heteroatoms. The molecule has 0 amide bonds. The van der Waals surface area contributed by atoms with Gasteiger partial charge in [-0.05, 0) is 24.5 Å². The number of benzene rings is 1. The van der Waals surface area contributed by atoms with Crippen LogP contribution in [0.3, 0.4) is 0 Å². The zero-order valence-electron chi connectivity index (χ0n) is 11.6. The van der Waals surface area contributed by atoms with E-state index in [4.69, 9.17) is 0 Å². The molecule has 1 aliphatic rings. The number of nitrogens with zero attached hydrogens (tertiary/aromatic N) is 2. The van der Waals surface area contributed by atoms with Crippen LogP contribution in [0, 0.1) is 0 Å². The Morgan fingerprint density at radius 3 is 2.71 bits per heavy atom. The quantitative estimate of drug-likeness (QED) is 0.906. The summed E-state index contributed by atoms with van der Waals surface area (Å²) in [6.07, 6.45) is 6.09. The molecule has 0 radical (unpaired) electrons. The second-order valence-corrected chi connectivity index (χ2v) is 6.36. The van der Waals surface area contributed by atoms with Gasteiger partial charge in [-0.15, -0.1) is 0 Å². The van der Waals surface area contributed by atoms with Crippen molar-refractivity contribution in [1.29, 1.82) is 0 Å². The van der Waals surface area contributed by atoms with E-state index in [9.17, 15) is 9.90 Å². The van der Waals surface area contributed by atoms with Gasteiger partial charge in [-0.3, -0.25) is 4.68 Å². The number of carbonyl (C=O) groups is 1. The Balaban J connectivity index is 1.91. The fourth-order valence-electron chi connectivity index (χ4n) is 2.98. The molecule has 1 saturated carbocycles. The lowest BCUT2D eigenvalue weighted by atomic mass is 10.0. The first-order valence-electron chi connectivity index (χ1n) is 7.19. The Bertz CT molecular complexity index is 660. The van der Waals surface area contributed by atoms with Crippen LogP contribution in [0.1, 0.15) is 53.2 Å². The summed E-state index contributed by atoms with van der Waals surface area (Å²) in [6, 6.07) is 7.93. The predicted octanol–water partition coefficient (Wildman–Crippen LogP) is 4.05. The number of hydrogen-bond acceptors (Lipinski definition) is 2. The molecule has 4 nitrogen and oxygen atoms in total. The van der Waals surface area contributed by atoms with Gasteiger partial charge in [0.15, 0.2) is 0 Å². The van der Waals surface area contributed by atoms with Crippen LogP contribution in [0.15, 0.2) is 34.9 Å². The van der Waals surface area contributed by atoms with Crippen LogP contribution in [0.5, 0.6) is 0 Å². The largest absolute Gasteiger partial charge is 0.478 e. The van der Waals surface area contributed by atoms with E-state index in [2.05, 4.69) is 21.0 Å². The first-order chi connectivity index (χ1) is 10.1. The predicted molar refractivity (Wildman–Crippen MR) is 83.6 cm³/mol. The molecule has 2 aromatic rings. The minimum atomic E-state index is -0.879. The van der Waals surface area contributed by atoms with Crippen LogP contribution in [0.2, 0.25) is 0 Å². The number of aromatic nitrogens is 2. The first kappa shape index (κ1) is 14.3. The van der Waals surface area contributed by atoms with Crippen molar-refractivity contribution in [2.75, 3.05) is 0 Å². The maximum absolute atomic E-state index is 11.4. The highest BCUT2D eigenvalue weighted by molar-refractivity contribution is 9.10. The molecule has 0 bridgehead atoms. The van der Waals surface area contributed by atoms with Gasteiger partial charge in [-0.2, -0.15) is 5.10 Å². The van der Waals surface area contributed by atoms with Crippen LogP contribution in [-0.2, 0) is 6.54 Å². The van der Waals surface area contributed by atoms with E-state index in [1.54, 1.807) is 10.9 Å². The molecule has 0 spiro atoms. The molecule has 1 heterocycles. The lowest BCUT2D eigenvalue weighted by Crippen LogP contribution is -2.04. The van der Waals surface area contributed by atoms with Crippen molar-refractivity contribution >= 4 is 21.9 Å². The van der Waals surface area contributed by atoms with Crippen molar-refractivity contribution in [3.8, 4) is 0 Å². The fourth-order valence-corrected chi connectivity index (χ4v) is 3.39. The summed E-state index contributed by atoms with van der Waals surface area (Å²) in [6.45, 7) is 0.578. The summed E-state index contributed by atoms with van der Waals surface area (Å²) in [7, 11) is 0. The van der Waals surface area contributed by atoms with Crippen LogP contribution < -0.4 is 0 Å². The van der Waals surface area contributed by atoms with E-state index in [1.165, 1.54) is 12.8 Å². The summed E-state index contributed by atoms with van der Waals surface area (Å²) in [5.41, 5.74) is 2.20. The Labute approximate surface area is 131 Å². The number of carboxylic acids is 1. The van der Waals surface area contributed by atoms with Crippen molar-refractivity contribution in [2.45, 2.75) is 38.1 Å². The van der Waals surface area contributed by atoms with Crippen molar-refractivity contribution in [3.63, 3.8) is 0 Å². The zero-order valence-corrected chi connectivity index (χ0v) is 13.2. The van der Waals surface area contributed by atoms with E-state index in [0.29, 0.717) is 18.0 Å². The minimum absolute atomic E-state index is 0.302. The smallest absolute Gasteiger partial charge is 0.339 e. The zero-order chi connectivity index (χ0) is 14.8. The van der Waals surface area contributed by atoms with Gasteiger partial charge in [0, 0.05) is 16.6 Å². The molecule has 1 N–H and O–H groups in total. The van der Waals surface area contributed by atoms with Crippen molar-refractivity contribution in [3.05, 3.63) is 51.8 Å². The van der Waals surface area contributed by atoms with Gasteiger partial charge < -0.3 is 5.11 Å². The van der Waals surface area contributed by atoms with Crippen molar-refractivity contribution in [2.24, 2.45) is 0 Å². The summed E-state index contributed by atoms with van der Waals surface area (Å²) in [5.74, 6) is -0.577. The van der Waals surface area contributed by atoms with Gasteiger partial charge in [0.1, 0.15) is 5.56 Å². The Kier molecular flexibility index (Phi) is 4.10. The molecule has 21 heavy (non-hydrogen) atoms. The molecule has 110 valence electrons. The normalized spacial score (nSPS) is 15.5. The summed E-state index contributed by atoms with van der Waals surface area (Å²) in [4.78, 5) is 11.4. The third kappa shape index (κ3) is 3.02. The monoisotopic (exact) mass is 348 g/mol. The highest BCUT2D eigenvalue weighted by Gasteiger charge is 2.26. The second-order valence-electron chi connectivity index (χ2n) is 5.50. The molecule has 1 aromatic heterocycles. The summed E-state index contributed by atoms with van der Waals surface area (Å²) < 4.78 is 2.76. The van der Waals surface area contributed by atoms with Gasteiger partial charge in [0.05, 0.1) is 12.2 Å². The number of aromatic carboxylic acids is 1. The van der Waals surface area contributed by atoms with Crippen LogP contribution in [-0.4, -0.2) is 20.9 Å². The lowest BCUT2D eigenvalue weighted by molar-refractivity contribution is 0.0695. The molecular formula is C16H17BrN2O2. The average Bonchev–Trinajstić information content (AvgIpc) is 3.10. The fraction of sp³-hybridized carbons (Fsp3) is 0.375. The number of carboxylic acid groups (broad SMARTS) is 1. The van der Waals surface area contributed by atoms with Gasteiger partial charge in [-0.1, -0.05) is 47.0 Å². The highest BCUT2D eigenvalue weighted by atomic mass is 79.9. The van der Waals surface area contributed by atoms with Crippen LogP contribution in [0.4, 0.5) is 0 Å². The molecule has 3 rings (SSSR count). The summed E-state index contributed by atoms with van der Waals surface area (Å²) in [5, 5.41) is 14.0. The van der Waals surface area contributed by atoms with Crippen LogP contribution in [0.25, 0.3) is 0 Å². The maximum Gasteiger partial charge on any atom is 0.339 e. The van der Waals surface area contributed by atoms with Gasteiger partial charge >= 0.3 is 5.97 Å². The Morgan fingerprint density at radius 1 is 1.33 bits per heavy atom. The lowest BCUT2D eigenvalue weighted by Gasteiger charge is -2.07. The third-order valence-corrected chi connectivity index (χ3v) is 4.83. The van der Waals surface area contributed by atoms with Gasteiger partial charge in [0.2, 0.25) is 0 Å². The molecule has 0 saturated heterocycles. The van der Waals surface area contributed by atoms with Crippen molar-refractivity contribution < 1.29 is 9.90 Å². The number of hydrogen-bond donors (Lipinski definition) is 1. The highest BCUT2D eigenvalue weighted by Crippen LogP contribution is 2.35. The molecule has 1 fully saturated rings. The summed E-state index contributed by atoms with van der Waals surface area (Å²) >= 11 is 3.52. The molecule has 0 atom stereocenters. The number of halogens is 1. The van der Waals surface area contributed by atoms with Crippen molar-refractivity contribution in [1.82, 2.24) is 9.78 Å². The molecular weight excluding hydrogens is 332 g/mol. The maximum atomic E-state index is 11.4. The Morgan fingerprint density at radius 2 is 2.05 bits per heavy atom. The standard InChI is InChI=1S/C16H17BrN2O2/c17-14-8-4-3-7-12(14)9-19-10-13(16(20)21)15(18-19)11-5-1-2-6-11/h3-4,7-8,10-11H,1-2,5-6,9H2,(H,20,21). The van der Waals surface area contributed by atoms with Gasteiger partial charge in [-0.25, -0.2) is 4.79 Å². The molecule has 0 aliphatic heterocycles. The van der Waals surface area contributed by atoms with E-state index >= 15 is 0 Å². The van der Waals surface area contributed by atoms with E-state index < -0.39 is 5.97 Å².